The van der Waals surface area contributed by atoms with E-state index < -0.39 is 0 Å². The van der Waals surface area contributed by atoms with Crippen LogP contribution < -0.4 is 5.73 Å². The predicted molar refractivity (Wildman–Crippen MR) is 84.2 cm³/mol. The first kappa shape index (κ1) is 13.5. The maximum atomic E-state index is 13.4. The number of aromatic nitrogens is 2. The molecule has 102 valence electrons. The van der Waals surface area contributed by atoms with Crippen molar-refractivity contribution >= 4 is 44.4 Å². The quantitative estimate of drug-likeness (QED) is 0.545. The summed E-state index contributed by atoms with van der Waals surface area (Å²) in [6, 6.07) is 10.6. The lowest BCUT2D eigenvalue weighted by atomic mass is 10.2. The Morgan fingerprint density at radius 2 is 2.15 bits per heavy atom. The summed E-state index contributed by atoms with van der Waals surface area (Å²) in [5.41, 5.74) is 9.11. The summed E-state index contributed by atoms with van der Waals surface area (Å²) < 4.78 is 13.9. The van der Waals surface area contributed by atoms with Crippen molar-refractivity contribution in [1.82, 2.24) is 9.97 Å². The summed E-state index contributed by atoms with van der Waals surface area (Å²) in [5, 5.41) is 0.793. The molecule has 2 aromatic carbocycles. The maximum absolute atomic E-state index is 13.4. The summed E-state index contributed by atoms with van der Waals surface area (Å²) >= 11 is 4.79. The Bertz CT molecular complexity index is 772. The summed E-state index contributed by atoms with van der Waals surface area (Å²) in [4.78, 5) is 7.67. The molecule has 1 aromatic heterocycles. The minimum atomic E-state index is -0.250. The number of thioether (sulfide) groups is 1. The van der Waals surface area contributed by atoms with Crippen LogP contribution in [0.15, 0.2) is 46.0 Å². The molecule has 20 heavy (non-hydrogen) atoms. The summed E-state index contributed by atoms with van der Waals surface area (Å²) in [7, 11) is 0. The Hall–Kier alpha value is -1.53. The standard InChI is InChI=1S/C14H11BrFN3S/c15-13-8(2-1-3-10(13)16)7-20-14-18-11-5-4-9(17)6-12(11)19-14/h1-6H,7,17H2,(H,18,19). The lowest BCUT2D eigenvalue weighted by Gasteiger charge is -2.03. The van der Waals surface area contributed by atoms with Gasteiger partial charge in [0.25, 0.3) is 0 Å². The third kappa shape index (κ3) is 2.66. The second-order valence-electron chi connectivity index (χ2n) is 4.32. The average molecular weight is 352 g/mol. The number of fused-ring (bicyclic) bond motifs is 1. The molecular weight excluding hydrogens is 341 g/mol. The van der Waals surface area contributed by atoms with E-state index in [2.05, 4.69) is 25.9 Å². The largest absolute Gasteiger partial charge is 0.399 e. The zero-order valence-corrected chi connectivity index (χ0v) is 12.8. The van der Waals surface area contributed by atoms with E-state index in [0.29, 0.717) is 15.9 Å². The van der Waals surface area contributed by atoms with Gasteiger partial charge < -0.3 is 10.7 Å². The first-order valence-electron chi connectivity index (χ1n) is 5.94. The van der Waals surface area contributed by atoms with E-state index in [1.165, 1.54) is 17.8 Å². The van der Waals surface area contributed by atoms with Crippen LogP contribution in [-0.4, -0.2) is 9.97 Å². The molecule has 0 unspecified atom stereocenters. The van der Waals surface area contributed by atoms with Crippen molar-refractivity contribution < 1.29 is 4.39 Å². The number of benzene rings is 2. The summed E-state index contributed by atoms with van der Waals surface area (Å²) in [6.07, 6.45) is 0. The van der Waals surface area contributed by atoms with Crippen LogP contribution in [0.3, 0.4) is 0 Å². The minimum absolute atomic E-state index is 0.250. The van der Waals surface area contributed by atoms with Gasteiger partial charge in [-0.3, -0.25) is 0 Å². The first-order valence-corrected chi connectivity index (χ1v) is 7.72. The number of aromatic amines is 1. The highest BCUT2D eigenvalue weighted by molar-refractivity contribution is 9.10. The van der Waals surface area contributed by atoms with E-state index in [0.717, 1.165) is 21.8 Å². The molecule has 3 N–H and O–H groups in total. The van der Waals surface area contributed by atoms with Crippen LogP contribution in [0, 0.1) is 5.82 Å². The molecule has 1 heterocycles. The molecule has 3 nitrogen and oxygen atoms in total. The lowest BCUT2D eigenvalue weighted by molar-refractivity contribution is 0.619. The van der Waals surface area contributed by atoms with E-state index >= 15 is 0 Å². The molecule has 0 bridgehead atoms. The van der Waals surface area contributed by atoms with Gasteiger partial charge in [-0.2, -0.15) is 0 Å². The number of rotatable bonds is 3. The van der Waals surface area contributed by atoms with Crippen LogP contribution >= 0.6 is 27.7 Å². The third-order valence-electron chi connectivity index (χ3n) is 2.88. The zero-order valence-electron chi connectivity index (χ0n) is 10.4. The van der Waals surface area contributed by atoms with Gasteiger partial charge in [0.1, 0.15) is 5.82 Å². The highest BCUT2D eigenvalue weighted by Gasteiger charge is 2.08. The number of anilines is 1. The van der Waals surface area contributed by atoms with Crippen LogP contribution in [0.4, 0.5) is 10.1 Å². The van der Waals surface area contributed by atoms with E-state index in [4.69, 9.17) is 5.73 Å². The molecule has 0 aliphatic carbocycles. The molecule has 0 amide bonds. The van der Waals surface area contributed by atoms with Crippen molar-refractivity contribution in [3.8, 4) is 0 Å². The second kappa shape index (κ2) is 5.46. The SMILES string of the molecule is Nc1ccc2nc(SCc3cccc(F)c3Br)[nH]c2c1. The number of H-pyrrole nitrogens is 1. The van der Waals surface area contributed by atoms with Crippen LogP contribution in [0.1, 0.15) is 5.56 Å². The van der Waals surface area contributed by atoms with E-state index in [1.807, 2.05) is 24.3 Å². The molecule has 0 aliphatic heterocycles. The molecule has 0 spiro atoms. The van der Waals surface area contributed by atoms with Gasteiger partial charge in [-0.1, -0.05) is 23.9 Å². The Kier molecular flexibility index (Phi) is 3.67. The number of nitrogens with two attached hydrogens (primary N) is 1. The highest BCUT2D eigenvalue weighted by atomic mass is 79.9. The Morgan fingerprint density at radius 3 is 3.00 bits per heavy atom. The highest BCUT2D eigenvalue weighted by Crippen LogP contribution is 2.28. The molecule has 6 heteroatoms. The fraction of sp³-hybridized carbons (Fsp3) is 0.0714. The number of imidazole rings is 1. The normalized spacial score (nSPS) is 11.1. The van der Waals surface area contributed by atoms with Crippen molar-refractivity contribution in [2.24, 2.45) is 0 Å². The van der Waals surface area contributed by atoms with Crippen molar-refractivity contribution in [2.45, 2.75) is 10.9 Å². The molecular formula is C14H11BrFN3S. The molecule has 0 saturated heterocycles. The van der Waals surface area contributed by atoms with Gasteiger partial charge in [0.05, 0.1) is 15.5 Å². The zero-order chi connectivity index (χ0) is 14.1. The monoisotopic (exact) mass is 351 g/mol. The maximum Gasteiger partial charge on any atom is 0.166 e. The van der Waals surface area contributed by atoms with Gasteiger partial charge >= 0.3 is 0 Å². The van der Waals surface area contributed by atoms with E-state index in [9.17, 15) is 4.39 Å². The van der Waals surface area contributed by atoms with Gasteiger partial charge in [0.15, 0.2) is 5.16 Å². The van der Waals surface area contributed by atoms with Crippen molar-refractivity contribution in [2.75, 3.05) is 5.73 Å². The van der Waals surface area contributed by atoms with Crippen molar-refractivity contribution in [1.29, 1.82) is 0 Å². The van der Waals surface area contributed by atoms with Crippen LogP contribution in [-0.2, 0) is 5.75 Å². The summed E-state index contributed by atoms with van der Waals surface area (Å²) in [6.45, 7) is 0. The topological polar surface area (TPSA) is 54.7 Å². The van der Waals surface area contributed by atoms with Crippen LogP contribution in [0.2, 0.25) is 0 Å². The second-order valence-corrected chi connectivity index (χ2v) is 6.08. The van der Waals surface area contributed by atoms with Gasteiger partial charge in [-0.15, -0.1) is 0 Å². The van der Waals surface area contributed by atoms with Gasteiger partial charge in [-0.25, -0.2) is 9.37 Å². The molecule has 0 radical (unpaired) electrons. The number of hydrogen-bond donors (Lipinski definition) is 2. The number of halogens is 2. The van der Waals surface area contributed by atoms with Gasteiger partial charge in [0, 0.05) is 11.4 Å². The number of hydrogen-bond acceptors (Lipinski definition) is 3. The average Bonchev–Trinajstić information content (AvgIpc) is 2.82. The summed E-state index contributed by atoms with van der Waals surface area (Å²) in [5.74, 6) is 0.383. The molecule has 3 rings (SSSR count). The molecule has 0 atom stereocenters. The van der Waals surface area contributed by atoms with Gasteiger partial charge in [0.2, 0.25) is 0 Å². The fourth-order valence-electron chi connectivity index (χ4n) is 1.88. The first-order chi connectivity index (χ1) is 9.63. The Labute approximate surface area is 127 Å². The molecule has 0 saturated carbocycles. The van der Waals surface area contributed by atoms with Crippen LogP contribution in [0.5, 0.6) is 0 Å². The third-order valence-corrected chi connectivity index (χ3v) is 4.69. The number of nitrogen functional groups attached to an aromatic ring is 1. The minimum Gasteiger partial charge on any atom is -0.399 e. The van der Waals surface area contributed by atoms with E-state index in [-0.39, 0.29) is 5.82 Å². The van der Waals surface area contributed by atoms with Crippen molar-refractivity contribution in [3.63, 3.8) is 0 Å². The van der Waals surface area contributed by atoms with Crippen molar-refractivity contribution in [3.05, 3.63) is 52.3 Å². The van der Waals surface area contributed by atoms with E-state index in [1.54, 1.807) is 6.07 Å². The molecule has 3 aromatic rings. The molecule has 0 fully saturated rings. The number of nitrogens with zero attached hydrogens (tertiary/aromatic N) is 1. The predicted octanol–water partition coefficient (Wildman–Crippen LogP) is 4.34. The van der Waals surface area contributed by atoms with Gasteiger partial charge in [-0.05, 0) is 45.8 Å². The lowest BCUT2D eigenvalue weighted by Crippen LogP contribution is -1.87. The Balaban J connectivity index is 1.81. The van der Waals surface area contributed by atoms with Crippen LogP contribution in [0.25, 0.3) is 11.0 Å². The Morgan fingerprint density at radius 1 is 1.30 bits per heavy atom. The smallest absolute Gasteiger partial charge is 0.166 e. The molecule has 0 aliphatic rings. The number of nitrogens with one attached hydrogen (secondary N) is 1. The fourth-order valence-corrected chi connectivity index (χ4v) is 3.35.